The van der Waals surface area contributed by atoms with E-state index >= 15 is 0 Å². The molecule has 9 nitrogen and oxygen atoms in total. The highest BCUT2D eigenvalue weighted by Gasteiger charge is 2.22. The number of carboxylic acid groups (broad SMARTS) is 1. The van der Waals surface area contributed by atoms with Crippen LogP contribution in [-0.4, -0.2) is 82.3 Å². The van der Waals surface area contributed by atoms with Crippen LogP contribution in [0.25, 0.3) is 0 Å². The minimum absolute atomic E-state index is 0.131. The lowest BCUT2D eigenvalue weighted by molar-refractivity contribution is -0.870. The van der Waals surface area contributed by atoms with E-state index in [1.165, 1.54) is 83.5 Å². The molecule has 0 amide bonds. The number of carboxylic acids is 1. The van der Waals surface area contributed by atoms with Crippen molar-refractivity contribution in [2.45, 2.75) is 296 Å². The molecule has 9 heteroatoms. The maximum atomic E-state index is 13.0. The van der Waals surface area contributed by atoms with E-state index in [1.807, 2.05) is 21.1 Å². The van der Waals surface area contributed by atoms with Gasteiger partial charge in [0.1, 0.15) is 13.2 Å². The molecule has 0 aliphatic heterocycles. The Labute approximate surface area is 631 Å². The second-order valence-electron chi connectivity index (χ2n) is 27.2. The van der Waals surface area contributed by atoms with E-state index in [0.29, 0.717) is 17.4 Å². The van der Waals surface area contributed by atoms with Gasteiger partial charge in [-0.15, -0.1) is 0 Å². The molecule has 103 heavy (non-hydrogen) atoms. The summed E-state index contributed by atoms with van der Waals surface area (Å²) in [6, 6.07) is 0. The SMILES string of the molecule is CC/C=C\C/C=C\C/C=C\C/C=C\C/C=C\C/C=C\C/C=C\C/C=C\C/C=C\C/C=C\C/C=C\C/C=C\CCCCCCC(=O)OC(COC(=O)CCCCCCCCCCCCCCCCC/C=C\C/C=C\C/C=C\C/C=C\C/C=C\C/C=C\C/C=C\CC)COC(OCC[N+](C)(C)C)C(=O)[O-]. The van der Waals surface area contributed by atoms with Crippen molar-refractivity contribution in [2.75, 3.05) is 47.5 Å². The Morgan fingerprint density at radius 2 is 0.524 bits per heavy atom. The van der Waals surface area contributed by atoms with Crippen molar-refractivity contribution < 1.29 is 42.9 Å². The van der Waals surface area contributed by atoms with Gasteiger partial charge in [-0.3, -0.25) is 9.59 Å². The lowest BCUT2D eigenvalue weighted by Gasteiger charge is -2.26. The summed E-state index contributed by atoms with van der Waals surface area (Å²) in [4.78, 5) is 37.6. The van der Waals surface area contributed by atoms with E-state index in [2.05, 4.69) is 245 Å². The average molecular weight is 1420 g/mol. The first kappa shape index (κ1) is 96.4. The predicted molar refractivity (Wildman–Crippen MR) is 443 cm³/mol. The molecule has 2 atom stereocenters. The molecule has 576 valence electrons. The summed E-state index contributed by atoms with van der Waals surface area (Å²) in [6.07, 6.45) is 126. The standard InChI is InChI=1S/C94H147NO8/c1-6-8-10-12-14-16-18-20-22-24-26-28-30-32-34-36-38-40-42-44-45-46-47-49-51-53-55-57-59-61-63-65-67-69-71-73-75-77-79-81-83-85-92(97)103-90(89-102-94(93(98)99)100-87-86-95(3,4)5)88-101-91(96)84-82-80-78-76-74-72-70-68-66-64-62-60-58-56-54-52-50-48-43-41-39-37-35-33-31-29-27-25-23-21-19-17-15-13-11-9-7-2/h8-11,14-17,20-23,26-29,32-35,38-41,44-45,47-50,53,55,59,61,65,67,71,73,90,94H,6-7,12-13,18-19,24-25,30-31,36-37,42-43,46,51-52,54,56-58,60,62-64,66,68-70,72,74-89H2,1-5H3/b10-8-,11-9-,16-14-,17-15-,22-20-,23-21-,28-26-,29-27-,34-32-,35-33-,40-38-,41-39-,45-44-,49-47-,50-48-,55-53-,61-59-,67-65-,73-71-. The smallest absolute Gasteiger partial charge is 0.306 e. The van der Waals surface area contributed by atoms with E-state index < -0.39 is 24.3 Å². The number of nitrogens with zero attached hydrogens (tertiary/aromatic N) is 1. The van der Waals surface area contributed by atoms with E-state index in [-0.39, 0.29) is 38.6 Å². The van der Waals surface area contributed by atoms with E-state index in [0.717, 1.165) is 167 Å². The number of esters is 2. The third kappa shape index (κ3) is 82.5. The van der Waals surface area contributed by atoms with Gasteiger partial charge in [-0.1, -0.05) is 341 Å². The molecule has 0 spiro atoms. The van der Waals surface area contributed by atoms with Gasteiger partial charge in [0, 0.05) is 12.8 Å². The molecule has 0 aliphatic carbocycles. The first-order valence-corrected chi connectivity index (χ1v) is 40.5. The summed E-state index contributed by atoms with van der Waals surface area (Å²) in [7, 11) is 5.91. The highest BCUT2D eigenvalue weighted by molar-refractivity contribution is 5.70. The minimum atomic E-state index is -1.64. The van der Waals surface area contributed by atoms with Crippen molar-refractivity contribution in [1.82, 2.24) is 0 Å². The Hall–Kier alpha value is -6.65. The average Bonchev–Trinajstić information content (AvgIpc) is 1.01. The molecule has 0 aromatic carbocycles. The van der Waals surface area contributed by atoms with Crippen LogP contribution in [0.15, 0.2) is 231 Å². The van der Waals surface area contributed by atoms with Gasteiger partial charge in [-0.25, -0.2) is 0 Å². The molecular weight excluding hydrogens is 1270 g/mol. The summed E-state index contributed by atoms with van der Waals surface area (Å²) in [6.45, 7) is 4.47. The van der Waals surface area contributed by atoms with Crippen LogP contribution >= 0.6 is 0 Å². The molecule has 0 saturated heterocycles. The number of carbonyl (C=O) groups is 3. The fraction of sp³-hybridized carbons (Fsp3) is 0.564. The Balaban J connectivity index is 4.18. The van der Waals surface area contributed by atoms with Crippen molar-refractivity contribution in [3.63, 3.8) is 0 Å². The maximum Gasteiger partial charge on any atom is 0.306 e. The van der Waals surface area contributed by atoms with Gasteiger partial charge in [0.25, 0.3) is 0 Å². The van der Waals surface area contributed by atoms with Crippen LogP contribution in [-0.2, 0) is 33.3 Å². The molecular formula is C94H147NO8. The Kier molecular flexibility index (Phi) is 75.8. The van der Waals surface area contributed by atoms with Gasteiger partial charge < -0.3 is 33.3 Å². The number of unbranched alkanes of at least 4 members (excludes halogenated alkanes) is 19. The number of hydrogen-bond acceptors (Lipinski definition) is 8. The zero-order chi connectivity index (χ0) is 74.6. The Morgan fingerprint density at radius 1 is 0.291 bits per heavy atom. The number of ether oxygens (including phenoxy) is 4. The normalized spacial score (nSPS) is 13.9. The highest BCUT2D eigenvalue weighted by Crippen LogP contribution is 2.16. The van der Waals surface area contributed by atoms with Crippen LogP contribution in [0.4, 0.5) is 0 Å². The number of rotatable bonds is 72. The summed E-state index contributed by atoms with van der Waals surface area (Å²) < 4.78 is 22.8. The topological polar surface area (TPSA) is 111 Å². The molecule has 0 bridgehead atoms. The van der Waals surface area contributed by atoms with Gasteiger partial charge >= 0.3 is 11.9 Å². The molecule has 0 saturated carbocycles. The number of carbonyl (C=O) groups excluding carboxylic acids is 3. The highest BCUT2D eigenvalue weighted by atomic mass is 16.7. The van der Waals surface area contributed by atoms with Gasteiger partial charge in [-0.05, 0) is 161 Å². The molecule has 0 radical (unpaired) electrons. The Bertz CT molecular complexity index is 2560. The fourth-order valence-corrected chi connectivity index (χ4v) is 10.3. The van der Waals surface area contributed by atoms with Gasteiger partial charge in [0.2, 0.25) is 0 Å². The van der Waals surface area contributed by atoms with Gasteiger partial charge in [-0.2, -0.15) is 0 Å². The number of likely N-dealkylation sites (N-methyl/N-ethyl adjacent to an activating group) is 1. The minimum Gasteiger partial charge on any atom is -0.545 e. The zero-order valence-electron chi connectivity index (χ0n) is 65.8. The zero-order valence-corrected chi connectivity index (χ0v) is 65.8. The fourth-order valence-electron chi connectivity index (χ4n) is 10.3. The van der Waals surface area contributed by atoms with E-state index in [9.17, 15) is 19.5 Å². The summed E-state index contributed by atoms with van der Waals surface area (Å²) >= 11 is 0. The van der Waals surface area contributed by atoms with E-state index in [1.54, 1.807) is 0 Å². The molecule has 0 N–H and O–H groups in total. The lowest BCUT2D eigenvalue weighted by atomic mass is 10.0. The lowest BCUT2D eigenvalue weighted by Crippen LogP contribution is -2.44. The van der Waals surface area contributed by atoms with Crippen molar-refractivity contribution in [1.29, 1.82) is 0 Å². The largest absolute Gasteiger partial charge is 0.545 e. The first-order valence-electron chi connectivity index (χ1n) is 40.5. The first-order chi connectivity index (χ1) is 50.6. The van der Waals surface area contributed by atoms with Crippen LogP contribution in [0, 0.1) is 0 Å². The molecule has 0 fully saturated rings. The number of allylic oxidation sites excluding steroid dienone is 38. The van der Waals surface area contributed by atoms with Crippen molar-refractivity contribution in [3.8, 4) is 0 Å². The van der Waals surface area contributed by atoms with E-state index in [4.69, 9.17) is 18.9 Å². The number of aliphatic carboxylic acids is 1. The van der Waals surface area contributed by atoms with Crippen molar-refractivity contribution in [2.24, 2.45) is 0 Å². The molecule has 0 aliphatic rings. The number of hydrogen-bond donors (Lipinski definition) is 0. The van der Waals surface area contributed by atoms with Crippen molar-refractivity contribution >= 4 is 17.9 Å². The third-order valence-electron chi connectivity index (χ3n) is 16.4. The Morgan fingerprint density at radius 3 is 0.777 bits per heavy atom. The van der Waals surface area contributed by atoms with Crippen LogP contribution in [0.2, 0.25) is 0 Å². The second kappa shape index (κ2) is 81.0. The van der Waals surface area contributed by atoms with Crippen LogP contribution < -0.4 is 5.11 Å². The van der Waals surface area contributed by atoms with Gasteiger partial charge in [0.05, 0.1) is 40.3 Å². The summed E-state index contributed by atoms with van der Waals surface area (Å²) in [5.74, 6) is -2.34. The second-order valence-corrected chi connectivity index (χ2v) is 27.2. The molecule has 2 unspecified atom stereocenters. The summed E-state index contributed by atoms with van der Waals surface area (Å²) in [5, 5.41) is 11.9. The molecule has 0 aromatic heterocycles. The third-order valence-corrected chi connectivity index (χ3v) is 16.4. The van der Waals surface area contributed by atoms with Crippen LogP contribution in [0.3, 0.4) is 0 Å². The summed E-state index contributed by atoms with van der Waals surface area (Å²) in [5.41, 5.74) is 0. The van der Waals surface area contributed by atoms with Crippen LogP contribution in [0.5, 0.6) is 0 Å². The monoisotopic (exact) mass is 1420 g/mol. The molecule has 0 rings (SSSR count). The van der Waals surface area contributed by atoms with Crippen LogP contribution in [0.1, 0.15) is 284 Å². The molecule has 0 aromatic rings. The quantitative estimate of drug-likeness (QED) is 0.0195. The van der Waals surface area contributed by atoms with Gasteiger partial charge in [0.15, 0.2) is 12.4 Å². The van der Waals surface area contributed by atoms with Crippen molar-refractivity contribution in [3.05, 3.63) is 231 Å². The number of quaternary nitrogens is 1. The maximum absolute atomic E-state index is 13.0. The molecule has 0 heterocycles. The predicted octanol–water partition coefficient (Wildman–Crippen LogP) is 25.2.